The van der Waals surface area contributed by atoms with Gasteiger partial charge in [-0.2, -0.15) is 8.78 Å². The zero-order chi connectivity index (χ0) is 12.3. The van der Waals surface area contributed by atoms with Gasteiger partial charge in [-0.15, -0.1) is 0 Å². The number of carbonyl (C=O) groups is 1. The highest BCUT2D eigenvalue weighted by molar-refractivity contribution is 6.31. The normalized spacial score (nSPS) is 10.2. The first-order valence-electron chi connectivity index (χ1n) is 4.08. The first kappa shape index (κ1) is 12.4. The Labute approximate surface area is 94.9 Å². The fraction of sp³-hybridized carbons (Fsp3) is 0.100. The van der Waals surface area contributed by atoms with Crippen molar-refractivity contribution in [3.63, 3.8) is 0 Å². The minimum atomic E-state index is -3.04. The average Bonchev–Trinajstić information content (AvgIpc) is 2.18. The SMILES string of the molecule is C=C(C(=O)O)c1cc(Cl)ccc1OC(F)F. The maximum absolute atomic E-state index is 12.0. The Morgan fingerprint density at radius 2 is 2.12 bits per heavy atom. The van der Waals surface area contributed by atoms with Gasteiger partial charge in [-0.25, -0.2) is 4.79 Å². The molecule has 0 aromatic heterocycles. The van der Waals surface area contributed by atoms with Gasteiger partial charge >= 0.3 is 12.6 Å². The van der Waals surface area contributed by atoms with E-state index in [1.54, 1.807) is 0 Å². The monoisotopic (exact) mass is 248 g/mol. The maximum Gasteiger partial charge on any atom is 0.387 e. The van der Waals surface area contributed by atoms with E-state index in [1.807, 2.05) is 0 Å². The topological polar surface area (TPSA) is 46.5 Å². The first-order chi connectivity index (χ1) is 7.41. The van der Waals surface area contributed by atoms with Crippen molar-refractivity contribution in [2.75, 3.05) is 0 Å². The molecule has 0 bridgehead atoms. The van der Waals surface area contributed by atoms with Crippen LogP contribution in [-0.4, -0.2) is 17.7 Å². The molecule has 0 saturated carbocycles. The molecule has 0 aliphatic rings. The predicted octanol–water partition coefficient (Wildman–Crippen LogP) is 3.04. The molecule has 0 atom stereocenters. The molecule has 0 radical (unpaired) electrons. The van der Waals surface area contributed by atoms with Gasteiger partial charge in [-0.05, 0) is 18.2 Å². The number of carboxylic acid groups (broad SMARTS) is 1. The molecule has 1 N–H and O–H groups in total. The maximum atomic E-state index is 12.0. The van der Waals surface area contributed by atoms with Gasteiger partial charge < -0.3 is 9.84 Å². The molecule has 0 aliphatic carbocycles. The summed E-state index contributed by atoms with van der Waals surface area (Å²) in [7, 11) is 0. The smallest absolute Gasteiger partial charge is 0.387 e. The summed E-state index contributed by atoms with van der Waals surface area (Å²) in [6.07, 6.45) is 0. The third kappa shape index (κ3) is 2.93. The zero-order valence-electron chi connectivity index (χ0n) is 7.91. The number of ether oxygens (including phenoxy) is 1. The molecule has 0 saturated heterocycles. The molecule has 0 amide bonds. The zero-order valence-corrected chi connectivity index (χ0v) is 8.67. The Hall–Kier alpha value is -1.62. The molecule has 0 spiro atoms. The highest BCUT2D eigenvalue weighted by Crippen LogP contribution is 2.29. The van der Waals surface area contributed by atoms with Crippen molar-refractivity contribution in [3.8, 4) is 5.75 Å². The Balaban J connectivity index is 3.17. The van der Waals surface area contributed by atoms with Crippen molar-refractivity contribution < 1.29 is 23.4 Å². The van der Waals surface area contributed by atoms with Gasteiger partial charge in [-0.1, -0.05) is 18.2 Å². The molecule has 16 heavy (non-hydrogen) atoms. The van der Waals surface area contributed by atoms with Crippen molar-refractivity contribution in [2.24, 2.45) is 0 Å². The lowest BCUT2D eigenvalue weighted by molar-refractivity contribution is -0.130. The molecular formula is C10H7ClF2O3. The van der Waals surface area contributed by atoms with Crippen LogP contribution in [0.2, 0.25) is 5.02 Å². The number of alkyl halides is 2. The summed E-state index contributed by atoms with van der Waals surface area (Å²) in [5.41, 5.74) is -0.432. The van der Waals surface area contributed by atoms with Gasteiger partial charge in [0.1, 0.15) is 5.75 Å². The Morgan fingerprint density at radius 1 is 1.50 bits per heavy atom. The van der Waals surface area contributed by atoms with Crippen LogP contribution < -0.4 is 4.74 Å². The van der Waals surface area contributed by atoms with Crippen LogP contribution in [0.15, 0.2) is 24.8 Å². The van der Waals surface area contributed by atoms with Crippen LogP contribution in [0, 0.1) is 0 Å². The summed E-state index contributed by atoms with van der Waals surface area (Å²) in [6.45, 7) is 0.210. The molecule has 3 nitrogen and oxygen atoms in total. The number of carboxylic acids is 1. The Morgan fingerprint density at radius 3 is 2.62 bits per heavy atom. The van der Waals surface area contributed by atoms with Crippen LogP contribution in [-0.2, 0) is 4.79 Å². The van der Waals surface area contributed by atoms with E-state index in [2.05, 4.69) is 11.3 Å². The van der Waals surface area contributed by atoms with Crippen LogP contribution >= 0.6 is 11.6 Å². The summed E-state index contributed by atoms with van der Waals surface area (Å²) in [5, 5.41) is 8.91. The lowest BCUT2D eigenvalue weighted by Crippen LogP contribution is -2.06. The molecule has 6 heteroatoms. The highest BCUT2D eigenvalue weighted by atomic mass is 35.5. The number of hydrogen-bond acceptors (Lipinski definition) is 2. The van der Waals surface area contributed by atoms with Crippen molar-refractivity contribution in [1.29, 1.82) is 0 Å². The molecular weight excluding hydrogens is 242 g/mol. The number of halogens is 3. The van der Waals surface area contributed by atoms with Crippen molar-refractivity contribution >= 4 is 23.1 Å². The lowest BCUT2D eigenvalue weighted by atomic mass is 10.1. The number of benzene rings is 1. The second-order valence-corrected chi connectivity index (χ2v) is 3.24. The molecule has 0 unspecified atom stereocenters. The predicted molar refractivity (Wildman–Crippen MR) is 54.8 cm³/mol. The van der Waals surface area contributed by atoms with Gasteiger partial charge in [0.05, 0.1) is 5.57 Å². The number of rotatable bonds is 4. The van der Waals surface area contributed by atoms with Gasteiger partial charge in [-0.3, -0.25) is 0 Å². The molecule has 86 valence electrons. The quantitative estimate of drug-likeness (QED) is 0.833. The van der Waals surface area contributed by atoms with Gasteiger partial charge in [0, 0.05) is 10.6 Å². The minimum Gasteiger partial charge on any atom is -0.478 e. The van der Waals surface area contributed by atoms with E-state index in [0.717, 1.165) is 6.07 Å². The second kappa shape index (κ2) is 4.94. The van der Waals surface area contributed by atoms with Gasteiger partial charge in [0.25, 0.3) is 0 Å². The van der Waals surface area contributed by atoms with E-state index in [0.29, 0.717) is 0 Å². The van der Waals surface area contributed by atoms with E-state index in [1.165, 1.54) is 12.1 Å². The van der Waals surface area contributed by atoms with Crippen LogP contribution in [0.4, 0.5) is 8.78 Å². The largest absolute Gasteiger partial charge is 0.478 e. The summed E-state index contributed by atoms with van der Waals surface area (Å²) in [5.74, 6) is -1.60. The van der Waals surface area contributed by atoms with E-state index in [-0.39, 0.29) is 21.9 Å². The molecule has 1 aromatic rings. The fourth-order valence-corrected chi connectivity index (χ4v) is 1.22. The Bertz CT molecular complexity index is 432. The molecule has 0 aliphatic heterocycles. The van der Waals surface area contributed by atoms with Crippen molar-refractivity contribution in [1.82, 2.24) is 0 Å². The Kier molecular flexibility index (Phi) is 3.84. The molecule has 0 heterocycles. The average molecular weight is 249 g/mol. The van der Waals surface area contributed by atoms with Gasteiger partial charge in [0.15, 0.2) is 0 Å². The summed E-state index contributed by atoms with van der Waals surface area (Å²) < 4.78 is 28.2. The second-order valence-electron chi connectivity index (χ2n) is 2.80. The van der Waals surface area contributed by atoms with Crippen LogP contribution in [0.1, 0.15) is 5.56 Å². The van der Waals surface area contributed by atoms with Crippen LogP contribution in [0.5, 0.6) is 5.75 Å². The summed E-state index contributed by atoms with van der Waals surface area (Å²) in [4.78, 5) is 10.7. The van der Waals surface area contributed by atoms with Gasteiger partial charge in [0.2, 0.25) is 0 Å². The molecule has 1 aromatic carbocycles. The first-order valence-corrected chi connectivity index (χ1v) is 4.46. The van der Waals surface area contributed by atoms with E-state index in [4.69, 9.17) is 16.7 Å². The van der Waals surface area contributed by atoms with Crippen molar-refractivity contribution in [2.45, 2.75) is 6.61 Å². The third-order valence-electron chi connectivity index (χ3n) is 1.74. The minimum absolute atomic E-state index is 0.0692. The van der Waals surface area contributed by atoms with E-state index >= 15 is 0 Å². The summed E-state index contributed by atoms with van der Waals surface area (Å²) in [6, 6.07) is 3.69. The molecule has 0 fully saturated rings. The fourth-order valence-electron chi connectivity index (χ4n) is 1.05. The molecule has 1 rings (SSSR count). The highest BCUT2D eigenvalue weighted by Gasteiger charge is 2.16. The van der Waals surface area contributed by atoms with Crippen LogP contribution in [0.25, 0.3) is 5.57 Å². The number of hydrogen-bond donors (Lipinski definition) is 1. The summed E-state index contributed by atoms with van der Waals surface area (Å²) >= 11 is 5.63. The van der Waals surface area contributed by atoms with Crippen LogP contribution in [0.3, 0.4) is 0 Å². The number of aliphatic carboxylic acids is 1. The van der Waals surface area contributed by atoms with E-state index in [9.17, 15) is 13.6 Å². The standard InChI is InChI=1S/C10H7ClF2O3/c1-5(9(14)15)7-4-6(11)2-3-8(7)16-10(12)13/h2-4,10H,1H2,(H,14,15). The lowest BCUT2D eigenvalue weighted by Gasteiger charge is -2.10. The third-order valence-corrected chi connectivity index (χ3v) is 1.98. The van der Waals surface area contributed by atoms with Crippen molar-refractivity contribution in [3.05, 3.63) is 35.4 Å². The van der Waals surface area contributed by atoms with E-state index < -0.39 is 12.6 Å².